The lowest BCUT2D eigenvalue weighted by molar-refractivity contribution is -0.131. The first-order chi connectivity index (χ1) is 13.5. The topological polar surface area (TPSA) is 85.4 Å². The first-order valence-corrected chi connectivity index (χ1v) is 9.43. The molecule has 0 spiro atoms. The van der Waals surface area contributed by atoms with E-state index < -0.39 is 5.97 Å². The molecule has 3 aromatic rings. The van der Waals surface area contributed by atoms with Crippen LogP contribution < -0.4 is 10.1 Å². The van der Waals surface area contributed by atoms with Crippen molar-refractivity contribution in [1.82, 2.24) is 10.3 Å². The number of esters is 1. The van der Waals surface area contributed by atoms with Crippen LogP contribution in [0.25, 0.3) is 11.1 Å². The van der Waals surface area contributed by atoms with E-state index in [1.165, 1.54) is 25.2 Å². The molecule has 0 unspecified atom stereocenters. The van der Waals surface area contributed by atoms with Crippen LogP contribution >= 0.6 is 11.3 Å². The van der Waals surface area contributed by atoms with Crippen molar-refractivity contribution in [2.24, 2.45) is 0 Å². The Kier molecular flexibility index (Phi) is 5.96. The van der Waals surface area contributed by atoms with E-state index in [2.05, 4.69) is 10.3 Å². The molecule has 0 aliphatic heterocycles. The Morgan fingerprint density at radius 1 is 1.07 bits per heavy atom. The number of aromatic nitrogens is 1. The Hall–Kier alpha value is -3.32. The lowest BCUT2D eigenvalue weighted by Crippen LogP contribution is -2.23. The number of hydrogen-bond donors (Lipinski definition) is 1. The number of amides is 1. The van der Waals surface area contributed by atoms with E-state index in [4.69, 9.17) is 4.74 Å². The fraction of sp³-hybridized carbons (Fsp3) is 0.143. The molecule has 1 amide bonds. The lowest BCUT2D eigenvalue weighted by atomic mass is 10.0. The minimum atomic E-state index is -0.470. The van der Waals surface area contributed by atoms with E-state index in [1.54, 1.807) is 42.6 Å². The molecule has 2 heterocycles. The van der Waals surface area contributed by atoms with Gasteiger partial charge in [0.2, 0.25) is 0 Å². The standard InChI is InChI=1S/C21H18N2O4S/c1-13(24)15-6-7-16(19(11-15)27-14(2)25)17-8-10-28-20(17)12-23-21(26)18-5-3-4-9-22-18/h3-11H,12H2,1-2H3,(H,23,26). The lowest BCUT2D eigenvalue weighted by Gasteiger charge is -2.12. The molecule has 0 fully saturated rings. The first-order valence-electron chi connectivity index (χ1n) is 8.55. The van der Waals surface area contributed by atoms with Crippen molar-refractivity contribution >= 4 is 29.0 Å². The zero-order valence-corrected chi connectivity index (χ0v) is 16.2. The molecule has 0 saturated carbocycles. The number of ketones is 1. The highest BCUT2D eigenvalue weighted by atomic mass is 32.1. The minimum absolute atomic E-state index is 0.117. The number of ether oxygens (including phenoxy) is 1. The highest BCUT2D eigenvalue weighted by Gasteiger charge is 2.16. The molecule has 0 aliphatic rings. The maximum atomic E-state index is 12.2. The third-order valence-corrected chi connectivity index (χ3v) is 4.91. The number of rotatable bonds is 6. The highest BCUT2D eigenvalue weighted by Crippen LogP contribution is 2.36. The molecule has 0 aliphatic carbocycles. The van der Waals surface area contributed by atoms with Crippen molar-refractivity contribution in [2.75, 3.05) is 0 Å². The van der Waals surface area contributed by atoms with Crippen molar-refractivity contribution in [2.45, 2.75) is 20.4 Å². The van der Waals surface area contributed by atoms with Crippen molar-refractivity contribution in [3.8, 4) is 16.9 Å². The molecule has 3 rings (SSSR count). The van der Waals surface area contributed by atoms with Crippen LogP contribution in [0.5, 0.6) is 5.75 Å². The summed E-state index contributed by atoms with van der Waals surface area (Å²) in [5.74, 6) is -0.543. The molecule has 0 atom stereocenters. The smallest absolute Gasteiger partial charge is 0.308 e. The van der Waals surface area contributed by atoms with Gasteiger partial charge in [0, 0.05) is 34.7 Å². The van der Waals surface area contributed by atoms with Crippen LogP contribution in [0.15, 0.2) is 54.0 Å². The van der Waals surface area contributed by atoms with Crippen molar-refractivity contribution < 1.29 is 19.1 Å². The summed E-state index contributed by atoms with van der Waals surface area (Å²) >= 11 is 1.48. The highest BCUT2D eigenvalue weighted by molar-refractivity contribution is 7.10. The second-order valence-corrected chi connectivity index (χ2v) is 7.02. The van der Waals surface area contributed by atoms with E-state index in [0.717, 1.165) is 10.4 Å². The number of carbonyl (C=O) groups is 3. The van der Waals surface area contributed by atoms with Gasteiger partial charge in [-0.3, -0.25) is 19.4 Å². The van der Waals surface area contributed by atoms with Crippen LogP contribution in [0.1, 0.15) is 39.6 Å². The summed E-state index contributed by atoms with van der Waals surface area (Å²) in [6.07, 6.45) is 1.56. The molecule has 7 heteroatoms. The predicted octanol–water partition coefficient (Wildman–Crippen LogP) is 3.87. The summed E-state index contributed by atoms with van der Waals surface area (Å²) in [6.45, 7) is 3.07. The van der Waals surface area contributed by atoms with Crippen LogP contribution in [0.2, 0.25) is 0 Å². The molecule has 28 heavy (non-hydrogen) atoms. The van der Waals surface area contributed by atoms with Gasteiger partial charge in [-0.2, -0.15) is 0 Å². The summed E-state index contributed by atoms with van der Waals surface area (Å²) in [5.41, 5.74) is 2.31. The van der Waals surface area contributed by atoms with Crippen molar-refractivity contribution in [3.05, 3.63) is 70.2 Å². The van der Waals surface area contributed by atoms with Gasteiger partial charge in [-0.05, 0) is 42.6 Å². The van der Waals surface area contributed by atoms with E-state index in [-0.39, 0.29) is 11.7 Å². The quantitative estimate of drug-likeness (QED) is 0.390. The van der Waals surface area contributed by atoms with E-state index >= 15 is 0 Å². The van der Waals surface area contributed by atoms with Gasteiger partial charge in [0.1, 0.15) is 11.4 Å². The molecule has 0 bridgehead atoms. The van der Waals surface area contributed by atoms with E-state index in [1.807, 2.05) is 11.4 Å². The van der Waals surface area contributed by atoms with Gasteiger partial charge >= 0.3 is 5.97 Å². The average Bonchev–Trinajstić information content (AvgIpc) is 3.14. The zero-order chi connectivity index (χ0) is 20.1. The van der Waals surface area contributed by atoms with Gasteiger partial charge < -0.3 is 10.1 Å². The molecule has 0 radical (unpaired) electrons. The average molecular weight is 394 g/mol. The van der Waals surface area contributed by atoms with Gasteiger partial charge in [-0.15, -0.1) is 11.3 Å². The third kappa shape index (κ3) is 4.50. The third-order valence-electron chi connectivity index (χ3n) is 3.98. The SMILES string of the molecule is CC(=O)Oc1cc(C(C)=O)ccc1-c1ccsc1CNC(=O)c1ccccn1. The van der Waals surface area contributed by atoms with Gasteiger partial charge in [0.25, 0.3) is 5.91 Å². The number of pyridine rings is 1. The van der Waals surface area contributed by atoms with Gasteiger partial charge in [0.15, 0.2) is 5.78 Å². The Bertz CT molecular complexity index is 1030. The van der Waals surface area contributed by atoms with Gasteiger partial charge in [-0.25, -0.2) is 0 Å². The second kappa shape index (κ2) is 8.58. The van der Waals surface area contributed by atoms with Crippen molar-refractivity contribution in [3.63, 3.8) is 0 Å². The van der Waals surface area contributed by atoms with E-state index in [9.17, 15) is 14.4 Å². The molecule has 1 aromatic carbocycles. The molecule has 142 valence electrons. The summed E-state index contributed by atoms with van der Waals surface area (Å²) in [4.78, 5) is 40.3. The Morgan fingerprint density at radius 3 is 2.57 bits per heavy atom. The van der Waals surface area contributed by atoms with Crippen LogP contribution in [0, 0.1) is 0 Å². The number of hydrogen-bond acceptors (Lipinski definition) is 6. The van der Waals surface area contributed by atoms with Crippen LogP contribution in [0.4, 0.5) is 0 Å². The Morgan fingerprint density at radius 2 is 1.89 bits per heavy atom. The zero-order valence-electron chi connectivity index (χ0n) is 15.4. The second-order valence-electron chi connectivity index (χ2n) is 6.02. The van der Waals surface area contributed by atoms with Gasteiger partial charge in [0.05, 0.1) is 6.54 Å². The normalized spacial score (nSPS) is 10.4. The van der Waals surface area contributed by atoms with Crippen molar-refractivity contribution in [1.29, 1.82) is 0 Å². The monoisotopic (exact) mass is 394 g/mol. The molecular weight excluding hydrogens is 376 g/mol. The molecule has 1 N–H and O–H groups in total. The summed E-state index contributed by atoms with van der Waals surface area (Å²) in [7, 11) is 0. The number of thiophene rings is 1. The molecule has 0 saturated heterocycles. The molecular formula is C21H18N2O4S. The maximum Gasteiger partial charge on any atom is 0.308 e. The number of benzene rings is 1. The number of carbonyl (C=O) groups excluding carboxylic acids is 3. The predicted molar refractivity (Wildman–Crippen MR) is 106 cm³/mol. The summed E-state index contributed by atoms with van der Waals surface area (Å²) < 4.78 is 5.33. The Balaban J connectivity index is 1.87. The molecule has 2 aromatic heterocycles. The fourth-order valence-corrected chi connectivity index (χ4v) is 3.50. The Labute approximate surface area is 166 Å². The summed E-state index contributed by atoms with van der Waals surface area (Å²) in [5, 5.41) is 4.75. The number of nitrogens with zero attached hydrogens (tertiary/aromatic N) is 1. The fourth-order valence-electron chi connectivity index (χ4n) is 2.67. The first kappa shape index (κ1) is 19.4. The number of Topliss-reactive ketones (excluding diaryl/α,β-unsaturated/α-hetero) is 1. The summed E-state index contributed by atoms with van der Waals surface area (Å²) in [6, 6.07) is 12.0. The van der Waals surface area contributed by atoms with Crippen LogP contribution in [0.3, 0.4) is 0 Å². The largest absolute Gasteiger partial charge is 0.426 e. The number of nitrogens with one attached hydrogen (secondary N) is 1. The van der Waals surface area contributed by atoms with E-state index in [0.29, 0.717) is 29.1 Å². The maximum absolute atomic E-state index is 12.2. The minimum Gasteiger partial charge on any atom is -0.426 e. The van der Waals surface area contributed by atoms with Crippen LogP contribution in [-0.2, 0) is 11.3 Å². The van der Waals surface area contributed by atoms with Crippen LogP contribution in [-0.4, -0.2) is 22.6 Å². The molecule has 6 nitrogen and oxygen atoms in total. The van der Waals surface area contributed by atoms with Gasteiger partial charge in [-0.1, -0.05) is 12.1 Å².